The van der Waals surface area contributed by atoms with Crippen molar-refractivity contribution in [1.29, 1.82) is 0 Å². The number of rotatable bonds is 4. The van der Waals surface area contributed by atoms with Crippen molar-refractivity contribution in [2.24, 2.45) is 5.92 Å². The van der Waals surface area contributed by atoms with Gasteiger partial charge in [-0.3, -0.25) is 9.69 Å². The quantitative estimate of drug-likeness (QED) is 0.703. The second kappa shape index (κ2) is 8.12. The molecule has 3 rings (SSSR count). The van der Waals surface area contributed by atoms with Gasteiger partial charge in [0.2, 0.25) is 0 Å². The lowest BCUT2D eigenvalue weighted by molar-refractivity contribution is 0.102. The van der Waals surface area contributed by atoms with Crippen LogP contribution in [0.1, 0.15) is 35.7 Å². The average molecular weight is 434 g/mol. The predicted molar refractivity (Wildman–Crippen MR) is 107 cm³/mol. The molecule has 2 aromatic carbocycles. The molecule has 3 nitrogen and oxygen atoms in total. The van der Waals surface area contributed by atoms with Gasteiger partial charge >= 0.3 is 0 Å². The van der Waals surface area contributed by atoms with Crippen LogP contribution >= 0.6 is 22.6 Å². The average Bonchev–Trinajstić information content (AvgIpc) is 2.57. The molecule has 0 aliphatic carbocycles. The fourth-order valence-corrected chi connectivity index (χ4v) is 3.55. The van der Waals surface area contributed by atoms with Gasteiger partial charge in [0.15, 0.2) is 0 Å². The number of carbonyl (C=O) groups excluding carboxylic acids is 1. The van der Waals surface area contributed by atoms with Crippen molar-refractivity contribution >= 4 is 34.2 Å². The van der Waals surface area contributed by atoms with Gasteiger partial charge in [-0.25, -0.2) is 0 Å². The van der Waals surface area contributed by atoms with Gasteiger partial charge < -0.3 is 5.32 Å². The van der Waals surface area contributed by atoms with Crippen LogP contribution in [0.25, 0.3) is 0 Å². The highest BCUT2D eigenvalue weighted by Crippen LogP contribution is 2.18. The molecule has 2 aromatic rings. The number of hydrogen-bond acceptors (Lipinski definition) is 2. The SMILES string of the molecule is C[C@@H]1CCCN(Cc2ccc(C(=O)Nc3ccc(I)cc3)cc2)C1. The molecule has 1 amide bonds. The van der Waals surface area contributed by atoms with Crippen LogP contribution in [-0.2, 0) is 6.54 Å². The number of amides is 1. The predicted octanol–water partition coefficient (Wildman–Crippen LogP) is 4.78. The zero-order valence-electron chi connectivity index (χ0n) is 14.0. The molecule has 1 aliphatic rings. The molecular weight excluding hydrogens is 411 g/mol. The first-order valence-electron chi connectivity index (χ1n) is 8.48. The molecule has 0 saturated carbocycles. The minimum atomic E-state index is -0.0608. The molecule has 1 heterocycles. The third-order valence-electron chi connectivity index (χ3n) is 4.47. The monoisotopic (exact) mass is 434 g/mol. The Kier molecular flexibility index (Phi) is 5.89. The Bertz CT molecular complexity index is 682. The number of hydrogen-bond donors (Lipinski definition) is 1. The Balaban J connectivity index is 1.59. The first-order valence-corrected chi connectivity index (χ1v) is 9.56. The van der Waals surface area contributed by atoms with Crippen LogP contribution in [0.4, 0.5) is 5.69 Å². The second-order valence-electron chi connectivity index (χ2n) is 6.64. The summed E-state index contributed by atoms with van der Waals surface area (Å²) in [6.07, 6.45) is 2.63. The second-order valence-corrected chi connectivity index (χ2v) is 7.89. The van der Waals surface area contributed by atoms with Crippen molar-refractivity contribution in [2.45, 2.75) is 26.3 Å². The standard InChI is InChI=1S/C20H23IN2O/c1-15-3-2-12-23(13-15)14-16-4-6-17(7-5-16)20(24)22-19-10-8-18(21)9-11-19/h4-11,15H,2-3,12-14H2,1H3,(H,22,24)/t15-/m1/s1. The van der Waals surface area contributed by atoms with E-state index >= 15 is 0 Å². The highest BCUT2D eigenvalue weighted by atomic mass is 127. The summed E-state index contributed by atoms with van der Waals surface area (Å²) in [6, 6.07) is 15.8. The number of carbonyl (C=O) groups is 1. The molecule has 0 bridgehead atoms. The number of likely N-dealkylation sites (tertiary alicyclic amines) is 1. The summed E-state index contributed by atoms with van der Waals surface area (Å²) in [6.45, 7) is 5.65. The Hall–Kier alpha value is -1.40. The van der Waals surface area contributed by atoms with Crippen molar-refractivity contribution < 1.29 is 4.79 Å². The molecule has 1 aliphatic heterocycles. The number of nitrogens with one attached hydrogen (secondary N) is 1. The van der Waals surface area contributed by atoms with Crippen molar-refractivity contribution in [3.63, 3.8) is 0 Å². The van der Waals surface area contributed by atoms with Gasteiger partial charge in [-0.1, -0.05) is 19.1 Å². The van der Waals surface area contributed by atoms with E-state index in [2.05, 4.69) is 51.9 Å². The van der Waals surface area contributed by atoms with Gasteiger partial charge in [0, 0.05) is 27.9 Å². The fraction of sp³-hybridized carbons (Fsp3) is 0.350. The van der Waals surface area contributed by atoms with E-state index in [0.29, 0.717) is 5.56 Å². The molecule has 1 N–H and O–H groups in total. The minimum Gasteiger partial charge on any atom is -0.322 e. The third-order valence-corrected chi connectivity index (χ3v) is 5.18. The van der Waals surface area contributed by atoms with Gasteiger partial charge in [0.05, 0.1) is 0 Å². The smallest absolute Gasteiger partial charge is 0.255 e. The summed E-state index contributed by atoms with van der Waals surface area (Å²) < 4.78 is 1.15. The topological polar surface area (TPSA) is 32.3 Å². The lowest BCUT2D eigenvalue weighted by atomic mass is 9.99. The van der Waals surface area contributed by atoms with Crippen molar-refractivity contribution in [1.82, 2.24) is 4.90 Å². The van der Waals surface area contributed by atoms with Crippen LogP contribution in [0.2, 0.25) is 0 Å². The fourth-order valence-electron chi connectivity index (χ4n) is 3.19. The van der Waals surface area contributed by atoms with Crippen LogP contribution < -0.4 is 5.32 Å². The summed E-state index contributed by atoms with van der Waals surface area (Å²) in [7, 11) is 0. The molecule has 24 heavy (non-hydrogen) atoms. The van der Waals surface area contributed by atoms with E-state index in [-0.39, 0.29) is 5.91 Å². The van der Waals surface area contributed by atoms with Crippen molar-refractivity contribution in [3.05, 3.63) is 63.2 Å². The molecule has 4 heteroatoms. The Labute approximate surface area is 157 Å². The van der Waals surface area contributed by atoms with Crippen molar-refractivity contribution in [2.75, 3.05) is 18.4 Å². The van der Waals surface area contributed by atoms with E-state index in [1.54, 1.807) is 0 Å². The molecule has 0 unspecified atom stereocenters. The number of anilines is 1. The number of benzene rings is 2. The maximum atomic E-state index is 12.3. The summed E-state index contributed by atoms with van der Waals surface area (Å²) in [4.78, 5) is 14.8. The highest BCUT2D eigenvalue weighted by Gasteiger charge is 2.16. The molecule has 0 radical (unpaired) electrons. The van der Waals surface area contributed by atoms with Gasteiger partial charge in [0.25, 0.3) is 5.91 Å². The Morgan fingerprint density at radius 2 is 1.88 bits per heavy atom. The molecule has 0 spiro atoms. The highest BCUT2D eigenvalue weighted by molar-refractivity contribution is 14.1. The van der Waals surface area contributed by atoms with Crippen LogP contribution in [0.5, 0.6) is 0 Å². The number of nitrogens with zero attached hydrogens (tertiary/aromatic N) is 1. The largest absolute Gasteiger partial charge is 0.322 e. The lowest BCUT2D eigenvalue weighted by Gasteiger charge is -2.30. The lowest BCUT2D eigenvalue weighted by Crippen LogP contribution is -2.33. The summed E-state index contributed by atoms with van der Waals surface area (Å²) in [5.74, 6) is 0.729. The van der Waals surface area contributed by atoms with E-state index in [4.69, 9.17) is 0 Å². The van der Waals surface area contributed by atoms with Gasteiger partial charge in [-0.2, -0.15) is 0 Å². The molecule has 126 valence electrons. The molecule has 0 aromatic heterocycles. The summed E-state index contributed by atoms with van der Waals surface area (Å²) in [5.41, 5.74) is 2.80. The van der Waals surface area contributed by atoms with E-state index in [1.165, 1.54) is 31.5 Å². The van der Waals surface area contributed by atoms with Crippen LogP contribution in [0.3, 0.4) is 0 Å². The van der Waals surface area contributed by atoms with E-state index in [9.17, 15) is 4.79 Å². The van der Waals surface area contributed by atoms with Crippen LogP contribution in [0, 0.1) is 9.49 Å². The third kappa shape index (κ3) is 4.80. The maximum absolute atomic E-state index is 12.3. The first kappa shape index (κ1) is 17.4. The zero-order valence-corrected chi connectivity index (χ0v) is 16.1. The Morgan fingerprint density at radius 3 is 2.54 bits per heavy atom. The first-order chi connectivity index (χ1) is 11.6. The van der Waals surface area contributed by atoms with Crippen molar-refractivity contribution in [3.8, 4) is 0 Å². The molecule has 1 saturated heterocycles. The molecule has 1 atom stereocenters. The van der Waals surface area contributed by atoms with Gasteiger partial charge in [-0.15, -0.1) is 0 Å². The van der Waals surface area contributed by atoms with Crippen LogP contribution in [-0.4, -0.2) is 23.9 Å². The summed E-state index contributed by atoms with van der Waals surface area (Å²) in [5, 5.41) is 2.94. The number of piperidine rings is 1. The van der Waals surface area contributed by atoms with Gasteiger partial charge in [-0.05, 0) is 89.9 Å². The minimum absolute atomic E-state index is 0.0608. The van der Waals surface area contributed by atoms with E-state index in [1.807, 2.05) is 36.4 Å². The number of halogens is 1. The maximum Gasteiger partial charge on any atom is 0.255 e. The van der Waals surface area contributed by atoms with Gasteiger partial charge in [0.1, 0.15) is 0 Å². The van der Waals surface area contributed by atoms with Crippen LogP contribution in [0.15, 0.2) is 48.5 Å². The molecular formula is C20H23IN2O. The normalized spacial score (nSPS) is 18.3. The van der Waals surface area contributed by atoms with E-state index < -0.39 is 0 Å². The zero-order chi connectivity index (χ0) is 16.9. The summed E-state index contributed by atoms with van der Waals surface area (Å²) >= 11 is 2.25. The van der Waals surface area contributed by atoms with E-state index in [0.717, 1.165) is 21.7 Å². The molecule has 1 fully saturated rings. The Morgan fingerprint density at radius 1 is 1.17 bits per heavy atom.